The Morgan fingerprint density at radius 1 is 1.11 bits per heavy atom. The third-order valence-corrected chi connectivity index (χ3v) is 4.31. The summed E-state index contributed by atoms with van der Waals surface area (Å²) < 4.78 is 37.9. The van der Waals surface area contributed by atoms with Gasteiger partial charge in [-0.3, -0.25) is 9.36 Å². The van der Waals surface area contributed by atoms with E-state index >= 15 is 0 Å². The van der Waals surface area contributed by atoms with Crippen LogP contribution in [0.4, 0.5) is 8.78 Å². The van der Waals surface area contributed by atoms with Gasteiger partial charge in [0.25, 0.3) is 5.56 Å². The van der Waals surface area contributed by atoms with Gasteiger partial charge in [0.05, 0.1) is 12.7 Å². The molecule has 2 aromatic carbocycles. The zero-order valence-corrected chi connectivity index (χ0v) is 15.4. The molecule has 0 aliphatic rings. The number of aromatic nitrogens is 1. The van der Waals surface area contributed by atoms with E-state index in [1.807, 2.05) is 0 Å². The molecule has 0 amide bonds. The highest BCUT2D eigenvalue weighted by Gasteiger charge is 2.13. The van der Waals surface area contributed by atoms with E-state index in [2.05, 4.69) is 4.74 Å². The number of rotatable bonds is 5. The summed E-state index contributed by atoms with van der Waals surface area (Å²) in [6.45, 7) is -0.219. The van der Waals surface area contributed by atoms with Crippen LogP contribution >= 0.6 is 11.6 Å². The zero-order chi connectivity index (χ0) is 20.3. The highest BCUT2D eigenvalue weighted by Crippen LogP contribution is 2.23. The first-order chi connectivity index (χ1) is 13.4. The number of carbonyl (C=O) groups excluding carboxylic acids is 1. The van der Waals surface area contributed by atoms with E-state index in [-0.39, 0.29) is 22.9 Å². The van der Waals surface area contributed by atoms with Gasteiger partial charge in [-0.25, -0.2) is 13.6 Å². The molecule has 5 nitrogen and oxygen atoms in total. The topological polar surface area (TPSA) is 57.5 Å². The Morgan fingerprint density at radius 2 is 1.82 bits per heavy atom. The lowest BCUT2D eigenvalue weighted by molar-refractivity contribution is 0.0600. The fourth-order valence-corrected chi connectivity index (χ4v) is 2.69. The molecule has 0 N–H and O–H groups in total. The Balaban J connectivity index is 1.83. The summed E-state index contributed by atoms with van der Waals surface area (Å²) in [6, 6.07) is 10.7. The van der Waals surface area contributed by atoms with Crippen LogP contribution in [0.15, 0.2) is 59.5 Å². The van der Waals surface area contributed by atoms with E-state index in [1.165, 1.54) is 42.1 Å². The summed E-state index contributed by atoms with van der Waals surface area (Å²) in [4.78, 5) is 24.0. The Hall–Kier alpha value is -3.19. The summed E-state index contributed by atoms with van der Waals surface area (Å²) in [6.07, 6.45) is 1.44. The van der Waals surface area contributed by atoms with Crippen molar-refractivity contribution in [2.45, 2.75) is 6.61 Å². The van der Waals surface area contributed by atoms with Crippen LogP contribution in [0.25, 0.3) is 5.69 Å². The maximum atomic E-state index is 13.7. The lowest BCUT2D eigenvalue weighted by atomic mass is 10.2. The van der Waals surface area contributed by atoms with Crippen molar-refractivity contribution in [2.75, 3.05) is 7.11 Å². The minimum absolute atomic E-state index is 0.0674. The van der Waals surface area contributed by atoms with Gasteiger partial charge in [-0.05, 0) is 42.5 Å². The SMILES string of the molecule is COC(=O)c1ccc(-n2ccc(OCc3ccc(F)cc3F)c(Cl)c2=O)cc1. The van der Waals surface area contributed by atoms with E-state index in [1.54, 1.807) is 12.1 Å². The standard InChI is InChI=1S/C20H14ClF2NO4/c1-27-20(26)12-3-6-15(7-4-12)24-9-8-17(18(21)19(24)25)28-11-13-2-5-14(22)10-16(13)23/h2-10H,11H2,1H3. The molecule has 0 aliphatic carbocycles. The van der Waals surface area contributed by atoms with Gasteiger partial charge in [-0.2, -0.15) is 0 Å². The van der Waals surface area contributed by atoms with Gasteiger partial charge in [0.15, 0.2) is 0 Å². The minimum Gasteiger partial charge on any atom is -0.487 e. The predicted octanol–water partition coefficient (Wildman–Crippen LogP) is 4.13. The molecular weight excluding hydrogens is 392 g/mol. The summed E-state index contributed by atoms with van der Waals surface area (Å²) in [7, 11) is 1.27. The van der Waals surface area contributed by atoms with Crippen LogP contribution in [0.2, 0.25) is 5.02 Å². The summed E-state index contributed by atoms with van der Waals surface area (Å²) >= 11 is 6.10. The number of benzene rings is 2. The van der Waals surface area contributed by atoms with E-state index in [4.69, 9.17) is 16.3 Å². The van der Waals surface area contributed by atoms with Crippen molar-refractivity contribution in [1.29, 1.82) is 0 Å². The Labute approximate surface area is 163 Å². The largest absolute Gasteiger partial charge is 0.487 e. The number of hydrogen-bond donors (Lipinski definition) is 0. The van der Waals surface area contributed by atoms with E-state index < -0.39 is 23.2 Å². The molecule has 0 saturated heterocycles. The number of esters is 1. The van der Waals surface area contributed by atoms with Gasteiger partial charge < -0.3 is 9.47 Å². The monoisotopic (exact) mass is 405 g/mol. The Bertz CT molecular complexity index is 1080. The van der Waals surface area contributed by atoms with E-state index in [0.29, 0.717) is 11.3 Å². The van der Waals surface area contributed by atoms with E-state index in [9.17, 15) is 18.4 Å². The summed E-state index contributed by atoms with van der Waals surface area (Å²) in [5.41, 5.74) is 0.395. The maximum Gasteiger partial charge on any atom is 0.337 e. The normalized spacial score (nSPS) is 10.6. The highest BCUT2D eigenvalue weighted by molar-refractivity contribution is 6.31. The lowest BCUT2D eigenvalue weighted by Gasteiger charge is -2.12. The Morgan fingerprint density at radius 3 is 2.46 bits per heavy atom. The van der Waals surface area contributed by atoms with Gasteiger partial charge in [0, 0.05) is 23.5 Å². The van der Waals surface area contributed by atoms with Crippen LogP contribution in [0.1, 0.15) is 15.9 Å². The molecule has 0 atom stereocenters. The highest BCUT2D eigenvalue weighted by atomic mass is 35.5. The molecule has 28 heavy (non-hydrogen) atoms. The predicted molar refractivity (Wildman–Crippen MR) is 99.1 cm³/mol. The molecule has 0 aliphatic heterocycles. The van der Waals surface area contributed by atoms with Crippen molar-refractivity contribution < 1.29 is 23.0 Å². The first-order valence-electron chi connectivity index (χ1n) is 8.07. The molecule has 3 rings (SSSR count). The molecule has 1 heterocycles. The third kappa shape index (κ3) is 4.04. The van der Waals surface area contributed by atoms with Crippen LogP contribution in [0.5, 0.6) is 5.75 Å². The molecule has 0 spiro atoms. The molecule has 0 bridgehead atoms. The second kappa shape index (κ2) is 8.22. The van der Waals surface area contributed by atoms with Crippen molar-refractivity contribution in [1.82, 2.24) is 4.57 Å². The number of pyridine rings is 1. The van der Waals surface area contributed by atoms with Gasteiger partial charge in [-0.15, -0.1) is 0 Å². The van der Waals surface area contributed by atoms with Crippen molar-refractivity contribution in [2.24, 2.45) is 0 Å². The third-order valence-electron chi connectivity index (χ3n) is 3.96. The number of nitrogens with zero attached hydrogens (tertiary/aromatic N) is 1. The molecule has 0 radical (unpaired) electrons. The molecule has 1 aromatic heterocycles. The quantitative estimate of drug-likeness (QED) is 0.599. The minimum atomic E-state index is -0.754. The van der Waals surface area contributed by atoms with Crippen LogP contribution in [-0.2, 0) is 11.3 Å². The van der Waals surface area contributed by atoms with Crippen molar-refractivity contribution in [3.8, 4) is 11.4 Å². The maximum absolute atomic E-state index is 13.7. The van der Waals surface area contributed by atoms with Gasteiger partial charge in [-0.1, -0.05) is 11.6 Å². The Kier molecular flexibility index (Phi) is 5.75. The van der Waals surface area contributed by atoms with Gasteiger partial charge in [0.1, 0.15) is 29.0 Å². The first-order valence-corrected chi connectivity index (χ1v) is 8.45. The molecular formula is C20H14ClF2NO4. The van der Waals surface area contributed by atoms with Crippen LogP contribution in [0, 0.1) is 11.6 Å². The van der Waals surface area contributed by atoms with Crippen molar-refractivity contribution >= 4 is 17.6 Å². The molecule has 0 saturated carbocycles. The molecule has 0 unspecified atom stereocenters. The summed E-state index contributed by atoms with van der Waals surface area (Å²) in [5, 5.41) is -0.193. The number of carbonyl (C=O) groups is 1. The average molecular weight is 406 g/mol. The smallest absolute Gasteiger partial charge is 0.337 e. The fraction of sp³-hybridized carbons (Fsp3) is 0.100. The second-order valence-electron chi connectivity index (χ2n) is 5.73. The number of halogens is 3. The van der Waals surface area contributed by atoms with Crippen LogP contribution in [-0.4, -0.2) is 17.6 Å². The summed E-state index contributed by atoms with van der Waals surface area (Å²) in [5.74, 6) is -1.87. The molecule has 8 heteroatoms. The molecule has 3 aromatic rings. The van der Waals surface area contributed by atoms with Gasteiger partial charge >= 0.3 is 5.97 Å². The number of methoxy groups -OCH3 is 1. The second-order valence-corrected chi connectivity index (χ2v) is 6.11. The van der Waals surface area contributed by atoms with Crippen LogP contribution < -0.4 is 10.3 Å². The lowest BCUT2D eigenvalue weighted by Crippen LogP contribution is -2.19. The average Bonchev–Trinajstić information content (AvgIpc) is 2.70. The zero-order valence-electron chi connectivity index (χ0n) is 14.6. The van der Waals surface area contributed by atoms with Crippen molar-refractivity contribution in [3.63, 3.8) is 0 Å². The number of hydrogen-bond acceptors (Lipinski definition) is 4. The molecule has 144 valence electrons. The molecule has 0 fully saturated rings. The van der Waals surface area contributed by atoms with Crippen LogP contribution in [0.3, 0.4) is 0 Å². The van der Waals surface area contributed by atoms with Crippen molar-refractivity contribution in [3.05, 3.63) is 92.9 Å². The van der Waals surface area contributed by atoms with Gasteiger partial charge in [0.2, 0.25) is 0 Å². The van der Waals surface area contributed by atoms with E-state index in [0.717, 1.165) is 12.1 Å². The number of ether oxygens (including phenoxy) is 2. The fourth-order valence-electron chi connectivity index (χ4n) is 2.48. The first kappa shape index (κ1) is 19.6.